The van der Waals surface area contributed by atoms with Crippen LogP contribution in [0.25, 0.3) is 0 Å². The summed E-state index contributed by atoms with van der Waals surface area (Å²) in [7, 11) is 23.3. The molecule has 6 aromatic rings. The highest BCUT2D eigenvalue weighted by Gasteiger charge is 2.47. The number of aryl methyl sites for hydroxylation is 4. The molecule has 12 rings (SSSR count). The lowest BCUT2D eigenvalue weighted by molar-refractivity contribution is -1.08. The summed E-state index contributed by atoms with van der Waals surface area (Å²) in [5, 5.41) is 18.8. The number of piperazine rings is 5. The van der Waals surface area contributed by atoms with Crippen LogP contribution in [0.4, 0.5) is 0 Å². The first kappa shape index (κ1) is 132. The second kappa shape index (κ2) is 63.0. The van der Waals surface area contributed by atoms with Gasteiger partial charge in [0.05, 0.1) is 102 Å². The van der Waals surface area contributed by atoms with Crippen molar-refractivity contribution in [2.45, 2.75) is 176 Å². The third-order valence-corrected chi connectivity index (χ3v) is 25.6. The average molecular weight is 1860 g/mol. The number of hydrogen-bond acceptors (Lipinski definition) is 4. The molecule has 698 valence electrons. The number of ether oxygens (including phenoxy) is 1. The Balaban J connectivity index is -0.000000206. The number of quaternary nitrogens is 9. The molecule has 6 saturated heterocycles. The van der Waals surface area contributed by atoms with E-state index < -0.39 is 0 Å². The SMILES string of the molecule is C.C.C.C.CCC(C)(C)C(=O)OCC[N+](C)(C)Cc1ccccc1.CCC(C)c1ccccc1.CCc1ccc(C[N+]2(C)CCC[N+](C)(C)CC2)cc1.CCc1ccc(C[N+]2(C)CC[N+](C)(C)CC2)cc1.CCc1ccc(C[N+]23CC[N+](C)(CC2)CC3)cc1.CCc1cccc(C[N+]2(CCO)CC[N+](C)(CCO)CC2)c1.[Cl-].[Cl-].[Cl-].[Cl-].[Cl-].[Cl-].[Cl-].[Cl-].[Cl-]. The molecule has 22 heteroatoms. The van der Waals surface area contributed by atoms with Crippen LogP contribution in [0.15, 0.2) is 158 Å². The third kappa shape index (κ3) is 46.1. The number of nitrogens with zero attached hydrogens (tertiary/aromatic N) is 9. The van der Waals surface area contributed by atoms with Crippen molar-refractivity contribution >= 4 is 5.97 Å². The van der Waals surface area contributed by atoms with Crippen LogP contribution in [-0.2, 0) is 67.9 Å². The first-order chi connectivity index (χ1) is 50.6. The highest BCUT2D eigenvalue weighted by Crippen LogP contribution is 2.29. The number of halogens is 9. The smallest absolute Gasteiger partial charge is 0.311 e. The number of rotatable bonds is 25. The monoisotopic (exact) mass is 1860 g/mol. The minimum absolute atomic E-state index is 0. The molecule has 13 nitrogen and oxygen atoms in total. The number of benzene rings is 6. The standard InChI is InChI=1S/C18H32N2O2.C17H30N2.C17H28NO2.C16H26N2.C16H28N2.C10H14.4CH4.9ClH/c1-3-17-5-4-6-18(15-17)16-20(12-14-22)9-7-19(2,8-10-20)11-13-21;1-5-16-7-9-17(10-8-16)15-19(4)12-6-11-18(2,3)13-14-19;1-6-17(2,3)16(19)20-13-12-18(4,5)14-15-10-8-7-9-11-15;1-3-15-4-6-16(7-5-15)14-18-11-8-17(2,9-12-18)10-13-18;1-5-15-6-8-16(9-7-15)14-18(4)12-10-17(2,3)11-13-18;1-3-9(2)10-7-5-4-6-8-10;;;;;;;;;;;;;/h4-6,15,21-22H,3,7-14,16H2,1-2H3;7-10H,5-6,11-15H2,1-4H3;7-11H,6,12-14H2,1-5H3;4-7H,3,8-14H2,1-2H3;6-9H,5,10-14H2,1-4H3;4-9H,3H2,1-2H3;4*1H4;9*1H/q2*+2;+1;2*+2;;;;;;;;;;;;;;/p-9. The van der Waals surface area contributed by atoms with Crippen molar-refractivity contribution in [1.29, 1.82) is 0 Å². The normalized spacial score (nSPS) is 21.1. The number of aliphatic hydroxyl groups is 2. The van der Waals surface area contributed by atoms with Gasteiger partial charge in [0.1, 0.15) is 164 Å². The van der Waals surface area contributed by atoms with Crippen LogP contribution in [0.1, 0.15) is 173 Å². The number of hydrogen-bond donors (Lipinski definition) is 2. The quantitative estimate of drug-likeness (QED) is 0.0443. The highest BCUT2D eigenvalue weighted by molar-refractivity contribution is 5.75. The van der Waals surface area contributed by atoms with E-state index in [1.54, 1.807) is 0 Å². The van der Waals surface area contributed by atoms with Crippen LogP contribution in [0.2, 0.25) is 0 Å². The minimum Gasteiger partial charge on any atom is -1.00 e. The minimum atomic E-state index is -0.378. The van der Waals surface area contributed by atoms with E-state index in [0.717, 1.165) is 104 Å². The lowest BCUT2D eigenvalue weighted by atomic mass is 9.91. The van der Waals surface area contributed by atoms with Crippen LogP contribution in [0.3, 0.4) is 0 Å². The average Bonchev–Trinajstić information content (AvgIpc) is 0.837. The predicted molar refractivity (Wildman–Crippen MR) is 478 cm³/mol. The molecule has 0 aromatic heterocycles. The lowest BCUT2D eigenvalue weighted by Gasteiger charge is -2.54. The van der Waals surface area contributed by atoms with Gasteiger partial charge in [-0.05, 0) is 86.1 Å². The van der Waals surface area contributed by atoms with Gasteiger partial charge in [-0.2, -0.15) is 0 Å². The molecular weight excluding hydrogens is 1690 g/mol. The Morgan fingerprint density at radius 3 is 1.17 bits per heavy atom. The van der Waals surface area contributed by atoms with Gasteiger partial charge in [0.2, 0.25) is 0 Å². The number of carbonyl (C=O) groups is 1. The maximum atomic E-state index is 11.9. The summed E-state index contributed by atoms with van der Waals surface area (Å²) in [4.78, 5) is 11.9. The van der Waals surface area contributed by atoms with E-state index in [1.807, 2.05) is 26.8 Å². The molecule has 6 fully saturated rings. The van der Waals surface area contributed by atoms with E-state index in [0.29, 0.717) is 12.5 Å². The predicted octanol–water partition coefficient (Wildman–Crippen LogP) is -9.97. The van der Waals surface area contributed by atoms with E-state index in [9.17, 15) is 15.0 Å². The second-order valence-electron chi connectivity index (χ2n) is 37.0. The summed E-state index contributed by atoms with van der Waals surface area (Å²) in [5.74, 6) is 0.612. The summed E-state index contributed by atoms with van der Waals surface area (Å²) in [6, 6.07) is 57.6. The first-order valence-corrected chi connectivity index (χ1v) is 41.9. The summed E-state index contributed by atoms with van der Waals surface area (Å²) in [6.45, 7) is 51.2. The van der Waals surface area contributed by atoms with Gasteiger partial charge in [-0.15, -0.1) is 0 Å². The zero-order chi connectivity index (χ0) is 78.5. The molecule has 2 N–H and O–H groups in total. The number of fused-ring (bicyclic) bond motifs is 3. The Morgan fingerprint density at radius 2 is 0.767 bits per heavy atom. The Morgan fingerprint density at radius 1 is 0.400 bits per heavy atom. The fourth-order valence-electron chi connectivity index (χ4n) is 15.9. The van der Waals surface area contributed by atoms with Crippen molar-refractivity contribution in [1.82, 2.24) is 0 Å². The van der Waals surface area contributed by atoms with Crippen molar-refractivity contribution in [3.8, 4) is 0 Å². The molecule has 2 unspecified atom stereocenters. The molecule has 2 bridgehead atoms. The number of carbonyl (C=O) groups excluding carboxylic acids is 1. The Labute approximate surface area is 793 Å². The fraction of sp³-hybridized carbons (Fsp3) is 0.622. The number of aliphatic hydroxyl groups excluding tert-OH is 2. The molecule has 0 spiro atoms. The highest BCUT2D eigenvalue weighted by atomic mass is 35.5. The van der Waals surface area contributed by atoms with Crippen LogP contribution >= 0.6 is 0 Å². The van der Waals surface area contributed by atoms with E-state index >= 15 is 0 Å². The van der Waals surface area contributed by atoms with Gasteiger partial charge in [-0.1, -0.05) is 236 Å². The Hall–Kier alpha value is -3.04. The molecular formula is C98H174Cl9N9O4. The summed E-state index contributed by atoms with van der Waals surface area (Å²) in [5.41, 5.74) is 14.0. The van der Waals surface area contributed by atoms with Crippen LogP contribution in [0.5, 0.6) is 0 Å². The van der Waals surface area contributed by atoms with E-state index in [2.05, 4.69) is 264 Å². The molecule has 6 heterocycles. The van der Waals surface area contributed by atoms with Crippen molar-refractivity contribution in [2.75, 3.05) is 228 Å². The molecule has 0 amide bonds. The summed E-state index contributed by atoms with van der Waals surface area (Å²) in [6.07, 6.45) is 7.86. The Bertz CT molecular complexity index is 3490. The van der Waals surface area contributed by atoms with Crippen molar-refractivity contribution < 1.29 is 172 Å². The van der Waals surface area contributed by atoms with Gasteiger partial charge >= 0.3 is 5.97 Å². The van der Waals surface area contributed by atoms with Gasteiger partial charge in [-0.25, -0.2) is 0 Å². The van der Waals surface area contributed by atoms with Crippen molar-refractivity contribution in [2.24, 2.45) is 5.41 Å². The molecule has 6 aliphatic rings. The van der Waals surface area contributed by atoms with Gasteiger partial charge < -0.3 is 167 Å². The molecule has 0 saturated carbocycles. The number of esters is 1. The largest absolute Gasteiger partial charge is 1.00 e. The van der Waals surface area contributed by atoms with Gasteiger partial charge in [-0.3, -0.25) is 4.79 Å². The maximum absolute atomic E-state index is 11.9. The van der Waals surface area contributed by atoms with E-state index in [4.69, 9.17) is 4.74 Å². The molecule has 120 heavy (non-hydrogen) atoms. The second-order valence-corrected chi connectivity index (χ2v) is 37.0. The summed E-state index contributed by atoms with van der Waals surface area (Å²) < 4.78 is 15.6. The van der Waals surface area contributed by atoms with Crippen molar-refractivity contribution in [3.05, 3.63) is 213 Å². The van der Waals surface area contributed by atoms with E-state index in [-0.39, 0.29) is 166 Å². The van der Waals surface area contributed by atoms with Crippen molar-refractivity contribution in [3.63, 3.8) is 0 Å². The topological polar surface area (TPSA) is 66.8 Å². The third-order valence-electron chi connectivity index (χ3n) is 25.6. The van der Waals surface area contributed by atoms with Crippen LogP contribution < -0.4 is 112 Å². The molecule has 0 aliphatic carbocycles. The fourth-order valence-corrected chi connectivity index (χ4v) is 15.9. The van der Waals surface area contributed by atoms with Crippen LogP contribution in [0, 0.1) is 5.41 Å². The zero-order valence-corrected chi connectivity index (χ0v) is 82.0. The zero-order valence-electron chi connectivity index (χ0n) is 75.2. The van der Waals surface area contributed by atoms with Gasteiger partial charge in [0.25, 0.3) is 0 Å². The van der Waals surface area contributed by atoms with Gasteiger partial charge in [0, 0.05) is 34.2 Å². The first-order valence-electron chi connectivity index (χ1n) is 41.9. The molecule has 2 atom stereocenters. The molecule has 6 aliphatic heterocycles. The van der Waals surface area contributed by atoms with Gasteiger partial charge in [0.15, 0.2) is 0 Å². The lowest BCUT2D eigenvalue weighted by Crippen LogP contribution is -3.00. The summed E-state index contributed by atoms with van der Waals surface area (Å²) >= 11 is 0. The van der Waals surface area contributed by atoms with Crippen LogP contribution in [-0.4, -0.2) is 284 Å². The maximum Gasteiger partial charge on any atom is 0.311 e. The molecule has 6 aromatic carbocycles. The van der Waals surface area contributed by atoms with E-state index in [1.165, 1.54) is 207 Å². The Kier molecular flexibility index (Phi) is 69.6. The molecule has 0 radical (unpaired) electrons. The number of likely N-dealkylation sites (N-methyl/N-ethyl adjacent to an activating group) is 7.